The number of halogens is 2. The summed E-state index contributed by atoms with van der Waals surface area (Å²) in [6.45, 7) is 1.96. The van der Waals surface area contributed by atoms with Crippen LogP contribution in [-0.4, -0.2) is 30.6 Å². The molecule has 124 valence electrons. The van der Waals surface area contributed by atoms with Crippen LogP contribution in [0.4, 0.5) is 8.78 Å². The molecule has 1 heterocycles. The van der Waals surface area contributed by atoms with Gasteiger partial charge in [0, 0.05) is 19.0 Å². The van der Waals surface area contributed by atoms with Gasteiger partial charge >= 0.3 is 0 Å². The Balaban J connectivity index is 1.84. The Hall–Kier alpha value is -2.38. The lowest BCUT2D eigenvalue weighted by Gasteiger charge is -2.38. The van der Waals surface area contributed by atoms with Crippen LogP contribution in [0.25, 0.3) is 0 Å². The van der Waals surface area contributed by atoms with Gasteiger partial charge in [-0.3, -0.25) is 4.90 Å². The molecular weight excluding hydrogens is 308 g/mol. The highest BCUT2D eigenvalue weighted by molar-refractivity contribution is 5.27. The van der Waals surface area contributed by atoms with Crippen molar-refractivity contribution in [1.82, 2.24) is 4.90 Å². The molecule has 4 heteroatoms. The second kappa shape index (κ2) is 7.46. The van der Waals surface area contributed by atoms with Crippen LogP contribution in [0.3, 0.4) is 0 Å². The van der Waals surface area contributed by atoms with E-state index >= 15 is 0 Å². The van der Waals surface area contributed by atoms with Crippen molar-refractivity contribution in [3.63, 3.8) is 0 Å². The van der Waals surface area contributed by atoms with E-state index in [1.165, 1.54) is 18.2 Å². The van der Waals surface area contributed by atoms with Crippen LogP contribution in [-0.2, 0) is 0 Å². The monoisotopic (exact) mass is 327 g/mol. The molecule has 2 aromatic carbocycles. The Labute approximate surface area is 141 Å². The van der Waals surface area contributed by atoms with Gasteiger partial charge in [0.2, 0.25) is 0 Å². The average molecular weight is 327 g/mol. The minimum atomic E-state index is -0.308. The molecule has 24 heavy (non-hydrogen) atoms. The summed E-state index contributed by atoms with van der Waals surface area (Å²) in [5, 5.41) is 0. The fraction of sp³-hybridized carbons (Fsp3) is 0.300. The van der Waals surface area contributed by atoms with Crippen molar-refractivity contribution >= 4 is 0 Å². The molecule has 0 amide bonds. The van der Waals surface area contributed by atoms with Gasteiger partial charge in [0.1, 0.15) is 23.5 Å². The molecule has 2 atom stereocenters. The lowest BCUT2D eigenvalue weighted by atomic mass is 9.87. The van der Waals surface area contributed by atoms with Gasteiger partial charge in [-0.1, -0.05) is 24.1 Å². The van der Waals surface area contributed by atoms with Crippen LogP contribution >= 0.6 is 0 Å². The van der Waals surface area contributed by atoms with Crippen LogP contribution in [0.2, 0.25) is 0 Å². The molecule has 1 saturated heterocycles. The smallest absolute Gasteiger partial charge is 0.126 e. The molecule has 0 unspecified atom stereocenters. The van der Waals surface area contributed by atoms with Gasteiger partial charge in [-0.25, -0.2) is 8.78 Å². The summed E-state index contributed by atoms with van der Waals surface area (Å²) in [5.74, 6) is 2.56. The normalized spacial score (nSPS) is 21.2. The van der Waals surface area contributed by atoms with Gasteiger partial charge in [-0.2, -0.15) is 0 Å². The Morgan fingerprint density at radius 3 is 2.58 bits per heavy atom. The first-order chi connectivity index (χ1) is 11.7. The molecule has 0 bridgehead atoms. The number of nitrogens with zero attached hydrogens (tertiary/aromatic N) is 1. The molecule has 2 nitrogen and oxygen atoms in total. The maximum atomic E-state index is 14.3. The molecule has 1 aliphatic heterocycles. The lowest BCUT2D eigenvalue weighted by Crippen LogP contribution is -2.44. The lowest BCUT2D eigenvalue weighted by molar-refractivity contribution is 0.0829. The zero-order valence-electron chi connectivity index (χ0n) is 13.3. The SMILES string of the molecule is C#CCN1CC[C@@H](Oc2ccc(F)cc2)[C@H](c2ccccc2F)C1. The Kier molecular flexibility index (Phi) is 5.12. The van der Waals surface area contributed by atoms with Crippen LogP contribution in [0.5, 0.6) is 5.75 Å². The van der Waals surface area contributed by atoms with E-state index in [0.29, 0.717) is 24.4 Å². The Bertz CT molecular complexity index is 723. The van der Waals surface area contributed by atoms with E-state index in [2.05, 4.69) is 10.8 Å². The van der Waals surface area contributed by atoms with E-state index in [1.54, 1.807) is 24.3 Å². The number of hydrogen-bond acceptors (Lipinski definition) is 2. The van der Waals surface area contributed by atoms with E-state index in [9.17, 15) is 8.78 Å². The van der Waals surface area contributed by atoms with Gasteiger partial charge in [0.25, 0.3) is 0 Å². The summed E-state index contributed by atoms with van der Waals surface area (Å²) >= 11 is 0. The van der Waals surface area contributed by atoms with E-state index in [4.69, 9.17) is 11.2 Å². The summed E-state index contributed by atoms with van der Waals surface area (Å²) in [6.07, 6.45) is 5.97. The molecule has 0 aromatic heterocycles. The molecule has 0 spiro atoms. The minimum absolute atomic E-state index is 0.127. The maximum Gasteiger partial charge on any atom is 0.126 e. The third kappa shape index (κ3) is 3.74. The summed E-state index contributed by atoms with van der Waals surface area (Å²) in [7, 11) is 0. The van der Waals surface area contributed by atoms with Crippen LogP contribution in [0.15, 0.2) is 48.5 Å². The second-order valence-electron chi connectivity index (χ2n) is 5.97. The first-order valence-corrected chi connectivity index (χ1v) is 8.00. The zero-order valence-corrected chi connectivity index (χ0v) is 13.3. The molecule has 0 radical (unpaired) electrons. The topological polar surface area (TPSA) is 12.5 Å². The number of likely N-dealkylation sites (tertiary alicyclic amines) is 1. The first kappa shape index (κ1) is 16.5. The summed E-state index contributed by atoms with van der Waals surface area (Å²) in [4.78, 5) is 2.13. The van der Waals surface area contributed by atoms with Crippen molar-refractivity contribution in [2.45, 2.75) is 18.4 Å². The highest BCUT2D eigenvalue weighted by atomic mass is 19.1. The second-order valence-corrected chi connectivity index (χ2v) is 5.97. The zero-order chi connectivity index (χ0) is 16.9. The fourth-order valence-electron chi connectivity index (χ4n) is 3.17. The number of terminal acetylenes is 1. The molecule has 1 fully saturated rings. The average Bonchev–Trinajstić information content (AvgIpc) is 2.59. The fourth-order valence-corrected chi connectivity index (χ4v) is 3.17. The van der Waals surface area contributed by atoms with Gasteiger partial charge in [-0.05, 0) is 42.3 Å². The Morgan fingerprint density at radius 2 is 1.88 bits per heavy atom. The highest BCUT2D eigenvalue weighted by Crippen LogP contribution is 2.32. The summed E-state index contributed by atoms with van der Waals surface area (Å²) < 4.78 is 33.4. The first-order valence-electron chi connectivity index (χ1n) is 8.00. The van der Waals surface area contributed by atoms with Crippen LogP contribution in [0.1, 0.15) is 17.9 Å². The van der Waals surface area contributed by atoms with Crippen molar-refractivity contribution < 1.29 is 13.5 Å². The van der Waals surface area contributed by atoms with Crippen LogP contribution in [0, 0.1) is 24.0 Å². The van der Waals surface area contributed by atoms with Gasteiger partial charge in [-0.15, -0.1) is 6.42 Å². The van der Waals surface area contributed by atoms with Crippen molar-refractivity contribution in [3.8, 4) is 18.1 Å². The quantitative estimate of drug-likeness (QED) is 0.791. The standard InChI is InChI=1S/C20H19F2NO/c1-2-12-23-13-11-20(24-16-9-7-15(21)8-10-16)18(14-23)17-5-3-4-6-19(17)22/h1,3-10,18,20H,11-14H2/t18-,20+/m0/s1. The molecular formula is C20H19F2NO. The largest absolute Gasteiger partial charge is 0.490 e. The number of ether oxygens (including phenoxy) is 1. The number of benzene rings is 2. The predicted octanol–water partition coefficient (Wildman–Crippen LogP) is 3.83. The van der Waals surface area contributed by atoms with Crippen molar-refractivity contribution in [3.05, 3.63) is 65.7 Å². The maximum absolute atomic E-state index is 14.3. The molecule has 0 saturated carbocycles. The molecule has 0 aliphatic carbocycles. The van der Waals surface area contributed by atoms with E-state index < -0.39 is 0 Å². The third-order valence-electron chi connectivity index (χ3n) is 4.35. The van der Waals surface area contributed by atoms with E-state index in [-0.39, 0.29) is 23.7 Å². The number of hydrogen-bond donors (Lipinski definition) is 0. The summed E-state index contributed by atoms with van der Waals surface area (Å²) in [6, 6.07) is 12.7. The van der Waals surface area contributed by atoms with Crippen molar-refractivity contribution in [2.24, 2.45) is 0 Å². The van der Waals surface area contributed by atoms with Gasteiger partial charge < -0.3 is 4.74 Å². The van der Waals surface area contributed by atoms with Gasteiger partial charge in [0.15, 0.2) is 0 Å². The van der Waals surface area contributed by atoms with Gasteiger partial charge in [0.05, 0.1) is 6.54 Å². The van der Waals surface area contributed by atoms with E-state index in [1.807, 2.05) is 6.07 Å². The van der Waals surface area contributed by atoms with Crippen molar-refractivity contribution in [1.29, 1.82) is 0 Å². The predicted molar refractivity (Wildman–Crippen MR) is 89.8 cm³/mol. The third-order valence-corrected chi connectivity index (χ3v) is 4.35. The van der Waals surface area contributed by atoms with E-state index in [0.717, 1.165) is 13.0 Å². The molecule has 3 rings (SSSR count). The van der Waals surface area contributed by atoms with Crippen LogP contribution < -0.4 is 4.74 Å². The molecule has 2 aromatic rings. The summed E-state index contributed by atoms with van der Waals surface area (Å²) in [5.41, 5.74) is 0.631. The number of rotatable bonds is 4. The number of piperidine rings is 1. The molecule has 1 aliphatic rings. The molecule has 0 N–H and O–H groups in total. The van der Waals surface area contributed by atoms with Crippen molar-refractivity contribution in [2.75, 3.05) is 19.6 Å². The highest BCUT2D eigenvalue weighted by Gasteiger charge is 2.33. The minimum Gasteiger partial charge on any atom is -0.490 e. The Morgan fingerprint density at radius 1 is 1.12 bits per heavy atom.